The zero-order valence-corrected chi connectivity index (χ0v) is 11.6. The lowest BCUT2D eigenvalue weighted by molar-refractivity contribution is 0.616. The Labute approximate surface area is 127 Å². The first-order valence-electron chi connectivity index (χ1n) is 6.74. The van der Waals surface area contributed by atoms with Gasteiger partial charge >= 0.3 is 0 Å². The van der Waals surface area contributed by atoms with E-state index in [1.807, 2.05) is 36.4 Å². The molecule has 22 heavy (non-hydrogen) atoms. The standard InChI is InChI=1S/C19H11F2N/c20-18-9-7-15(14-4-2-1-3-5-14)11-17(18)16-8-6-13(12-22)10-19(16)21/h1-11H. The van der Waals surface area contributed by atoms with Crippen LogP contribution < -0.4 is 0 Å². The summed E-state index contributed by atoms with van der Waals surface area (Å²) in [6.07, 6.45) is 0. The Morgan fingerprint density at radius 2 is 1.45 bits per heavy atom. The average molecular weight is 291 g/mol. The van der Waals surface area contributed by atoms with Crippen LogP contribution in [-0.4, -0.2) is 0 Å². The molecule has 3 aromatic rings. The maximum Gasteiger partial charge on any atom is 0.132 e. The van der Waals surface area contributed by atoms with E-state index in [1.54, 1.807) is 12.1 Å². The van der Waals surface area contributed by atoms with Gasteiger partial charge in [-0.15, -0.1) is 0 Å². The molecule has 0 heterocycles. The molecule has 3 rings (SSSR count). The molecular weight excluding hydrogens is 280 g/mol. The summed E-state index contributed by atoms with van der Waals surface area (Å²) in [7, 11) is 0. The van der Waals surface area contributed by atoms with Gasteiger partial charge in [-0.2, -0.15) is 5.26 Å². The summed E-state index contributed by atoms with van der Waals surface area (Å²) >= 11 is 0. The second kappa shape index (κ2) is 5.79. The Hall–Kier alpha value is -2.99. The Morgan fingerprint density at radius 1 is 0.682 bits per heavy atom. The molecule has 0 aliphatic carbocycles. The monoisotopic (exact) mass is 291 g/mol. The van der Waals surface area contributed by atoms with Crippen molar-refractivity contribution in [2.75, 3.05) is 0 Å². The molecule has 0 saturated carbocycles. The van der Waals surface area contributed by atoms with Crippen molar-refractivity contribution in [3.8, 4) is 28.3 Å². The third kappa shape index (κ3) is 2.59. The van der Waals surface area contributed by atoms with E-state index in [-0.39, 0.29) is 16.7 Å². The topological polar surface area (TPSA) is 23.8 Å². The summed E-state index contributed by atoms with van der Waals surface area (Å²) < 4.78 is 28.2. The van der Waals surface area contributed by atoms with Gasteiger partial charge in [-0.3, -0.25) is 0 Å². The fourth-order valence-corrected chi connectivity index (χ4v) is 2.34. The molecule has 0 spiro atoms. The molecule has 0 aromatic heterocycles. The third-order valence-corrected chi connectivity index (χ3v) is 3.46. The second-order valence-corrected chi connectivity index (χ2v) is 4.87. The lowest BCUT2D eigenvalue weighted by atomic mass is 9.97. The summed E-state index contributed by atoms with van der Waals surface area (Å²) in [5, 5.41) is 8.78. The van der Waals surface area contributed by atoms with Gasteiger partial charge in [-0.1, -0.05) is 42.5 Å². The third-order valence-electron chi connectivity index (χ3n) is 3.46. The van der Waals surface area contributed by atoms with E-state index in [1.165, 1.54) is 18.2 Å². The fourth-order valence-electron chi connectivity index (χ4n) is 2.34. The number of rotatable bonds is 2. The van der Waals surface area contributed by atoms with Crippen molar-refractivity contribution in [1.82, 2.24) is 0 Å². The number of hydrogen-bond donors (Lipinski definition) is 0. The van der Waals surface area contributed by atoms with Crippen molar-refractivity contribution < 1.29 is 8.78 Å². The van der Waals surface area contributed by atoms with Crippen molar-refractivity contribution in [2.24, 2.45) is 0 Å². The Kier molecular flexibility index (Phi) is 3.67. The van der Waals surface area contributed by atoms with Gasteiger partial charge in [0.15, 0.2) is 0 Å². The molecule has 1 nitrogen and oxygen atoms in total. The molecule has 0 aliphatic rings. The number of nitriles is 1. The highest BCUT2D eigenvalue weighted by Gasteiger charge is 2.12. The van der Waals surface area contributed by atoms with Crippen molar-refractivity contribution in [2.45, 2.75) is 0 Å². The minimum Gasteiger partial charge on any atom is -0.206 e. The van der Waals surface area contributed by atoms with Gasteiger partial charge in [-0.05, 0) is 35.4 Å². The zero-order chi connectivity index (χ0) is 15.5. The Morgan fingerprint density at radius 3 is 2.14 bits per heavy atom. The maximum absolute atomic E-state index is 14.1. The van der Waals surface area contributed by atoms with E-state index in [0.29, 0.717) is 0 Å². The second-order valence-electron chi connectivity index (χ2n) is 4.87. The largest absolute Gasteiger partial charge is 0.206 e. The molecule has 0 radical (unpaired) electrons. The van der Waals surface area contributed by atoms with Crippen molar-refractivity contribution >= 4 is 0 Å². The lowest BCUT2D eigenvalue weighted by Gasteiger charge is -2.09. The minimum absolute atomic E-state index is 0.147. The fraction of sp³-hybridized carbons (Fsp3) is 0. The van der Waals surface area contributed by atoms with Gasteiger partial charge < -0.3 is 0 Å². The van der Waals surface area contributed by atoms with Gasteiger partial charge in [0.1, 0.15) is 11.6 Å². The Balaban J connectivity index is 2.14. The van der Waals surface area contributed by atoms with Gasteiger partial charge in [-0.25, -0.2) is 8.78 Å². The van der Waals surface area contributed by atoms with Gasteiger partial charge in [0.25, 0.3) is 0 Å². The van der Waals surface area contributed by atoms with Crippen LogP contribution in [0, 0.1) is 23.0 Å². The van der Waals surface area contributed by atoms with Gasteiger partial charge in [0.2, 0.25) is 0 Å². The van der Waals surface area contributed by atoms with Crippen LogP contribution in [0.3, 0.4) is 0 Å². The molecule has 106 valence electrons. The normalized spacial score (nSPS) is 10.2. The van der Waals surface area contributed by atoms with Crippen LogP contribution in [0.5, 0.6) is 0 Å². The number of hydrogen-bond acceptors (Lipinski definition) is 1. The maximum atomic E-state index is 14.1. The molecular formula is C19H11F2N. The average Bonchev–Trinajstić information content (AvgIpc) is 2.56. The molecule has 3 heteroatoms. The van der Waals surface area contributed by atoms with E-state index in [4.69, 9.17) is 5.26 Å². The van der Waals surface area contributed by atoms with E-state index in [2.05, 4.69) is 0 Å². The summed E-state index contributed by atoms with van der Waals surface area (Å²) in [4.78, 5) is 0. The van der Waals surface area contributed by atoms with Crippen LogP contribution in [0.4, 0.5) is 8.78 Å². The molecule has 0 bridgehead atoms. The predicted molar refractivity (Wildman–Crippen MR) is 81.9 cm³/mol. The number of halogens is 2. The van der Waals surface area contributed by atoms with Gasteiger partial charge in [0, 0.05) is 11.1 Å². The smallest absolute Gasteiger partial charge is 0.132 e. The molecule has 0 fully saturated rings. The molecule has 0 unspecified atom stereocenters. The summed E-state index contributed by atoms with van der Waals surface area (Å²) in [6, 6.07) is 20.0. The van der Waals surface area contributed by atoms with E-state index < -0.39 is 11.6 Å². The van der Waals surface area contributed by atoms with Gasteiger partial charge in [0.05, 0.1) is 11.6 Å². The first-order chi connectivity index (χ1) is 10.7. The van der Waals surface area contributed by atoms with E-state index in [0.717, 1.165) is 17.2 Å². The Bertz CT molecular complexity index is 864. The highest BCUT2D eigenvalue weighted by molar-refractivity contribution is 5.74. The zero-order valence-electron chi connectivity index (χ0n) is 11.6. The SMILES string of the molecule is N#Cc1ccc(-c2cc(-c3ccccc3)ccc2F)c(F)c1. The lowest BCUT2D eigenvalue weighted by Crippen LogP contribution is -1.91. The molecule has 0 aliphatic heterocycles. The first kappa shape index (κ1) is 14.0. The minimum atomic E-state index is -0.608. The van der Waals surface area contributed by atoms with E-state index >= 15 is 0 Å². The summed E-state index contributed by atoms with van der Waals surface area (Å²) in [5.41, 5.74) is 2.28. The molecule has 0 amide bonds. The molecule has 0 atom stereocenters. The summed E-state index contributed by atoms with van der Waals surface area (Å²) in [6.45, 7) is 0. The van der Waals surface area contributed by atoms with Crippen molar-refractivity contribution in [1.29, 1.82) is 5.26 Å². The van der Waals surface area contributed by atoms with Crippen LogP contribution >= 0.6 is 0 Å². The van der Waals surface area contributed by atoms with Crippen LogP contribution in [-0.2, 0) is 0 Å². The van der Waals surface area contributed by atoms with Crippen LogP contribution in [0.1, 0.15) is 5.56 Å². The molecule has 0 N–H and O–H groups in total. The first-order valence-corrected chi connectivity index (χ1v) is 6.74. The van der Waals surface area contributed by atoms with Crippen LogP contribution in [0.25, 0.3) is 22.3 Å². The highest BCUT2D eigenvalue weighted by atomic mass is 19.1. The highest BCUT2D eigenvalue weighted by Crippen LogP contribution is 2.30. The van der Waals surface area contributed by atoms with Crippen LogP contribution in [0.2, 0.25) is 0 Å². The molecule has 0 saturated heterocycles. The van der Waals surface area contributed by atoms with Crippen molar-refractivity contribution in [3.63, 3.8) is 0 Å². The number of nitrogens with zero attached hydrogens (tertiary/aromatic N) is 1. The number of benzene rings is 3. The summed E-state index contributed by atoms with van der Waals surface area (Å²) in [5.74, 6) is -1.11. The molecule has 3 aromatic carbocycles. The van der Waals surface area contributed by atoms with Crippen molar-refractivity contribution in [3.05, 3.63) is 83.9 Å². The quantitative estimate of drug-likeness (QED) is 0.639. The predicted octanol–water partition coefficient (Wildman–Crippen LogP) is 5.17. The van der Waals surface area contributed by atoms with Crippen LogP contribution in [0.15, 0.2) is 66.7 Å². The van der Waals surface area contributed by atoms with E-state index in [9.17, 15) is 8.78 Å².